The average molecular weight is 566 g/mol. The van der Waals surface area contributed by atoms with Crippen LogP contribution in [0.1, 0.15) is 36.8 Å². The molecular formula is C24H26BrF2N5O4. The van der Waals surface area contributed by atoms with Crippen molar-refractivity contribution in [3.8, 4) is 6.01 Å². The third-order valence-corrected chi connectivity index (χ3v) is 9.46. The zero-order chi connectivity index (χ0) is 24.8. The van der Waals surface area contributed by atoms with Crippen LogP contribution >= 0.6 is 15.9 Å². The van der Waals surface area contributed by atoms with Gasteiger partial charge in [0.05, 0.1) is 40.7 Å². The number of ether oxygens (including phenoxy) is 2. The lowest BCUT2D eigenvalue weighted by Gasteiger charge is -2.56. The Labute approximate surface area is 214 Å². The Kier molecular flexibility index (Phi) is 5.14. The minimum absolute atomic E-state index is 0.0541. The molecule has 36 heavy (non-hydrogen) atoms. The summed E-state index contributed by atoms with van der Waals surface area (Å²) in [6, 6.07) is -0.0474. The molecule has 1 amide bonds. The summed E-state index contributed by atoms with van der Waals surface area (Å²) in [7, 11) is 0. The van der Waals surface area contributed by atoms with E-state index in [2.05, 4.69) is 30.7 Å². The van der Waals surface area contributed by atoms with Crippen molar-refractivity contribution in [1.82, 2.24) is 19.8 Å². The summed E-state index contributed by atoms with van der Waals surface area (Å²) >= 11 is 3.39. The molecule has 1 N–H and O–H groups in total. The minimum Gasteiger partial charge on any atom is -0.465 e. The molecule has 5 fully saturated rings. The van der Waals surface area contributed by atoms with E-state index >= 15 is 4.39 Å². The van der Waals surface area contributed by atoms with Crippen molar-refractivity contribution in [2.45, 2.75) is 62.7 Å². The van der Waals surface area contributed by atoms with Crippen LogP contribution in [0, 0.1) is 5.82 Å². The molecule has 8 rings (SSSR count). The second-order valence-electron chi connectivity index (χ2n) is 10.6. The number of piperazine rings is 1. The summed E-state index contributed by atoms with van der Waals surface area (Å²) in [5.41, 5.74) is 1.37. The first-order chi connectivity index (χ1) is 17.3. The molecule has 12 heteroatoms. The highest BCUT2D eigenvalue weighted by molar-refractivity contribution is 9.10. The molecule has 192 valence electrons. The van der Waals surface area contributed by atoms with Gasteiger partial charge in [-0.05, 0) is 47.3 Å². The maximum Gasteiger partial charge on any atom is 0.407 e. The van der Waals surface area contributed by atoms with E-state index < -0.39 is 18.1 Å². The molecule has 0 radical (unpaired) electrons. The van der Waals surface area contributed by atoms with E-state index in [9.17, 15) is 14.3 Å². The number of aromatic nitrogens is 2. The minimum atomic E-state index is -0.937. The molecule has 0 aliphatic carbocycles. The third kappa shape index (κ3) is 3.26. The number of amides is 1. The molecule has 2 aromatic rings. The van der Waals surface area contributed by atoms with E-state index in [0.29, 0.717) is 54.9 Å². The molecule has 6 aliphatic rings. The van der Waals surface area contributed by atoms with Gasteiger partial charge in [0.2, 0.25) is 0 Å². The van der Waals surface area contributed by atoms with E-state index in [4.69, 9.17) is 14.5 Å². The van der Waals surface area contributed by atoms with E-state index in [1.54, 1.807) is 0 Å². The first kappa shape index (κ1) is 22.9. The fourth-order valence-corrected chi connectivity index (χ4v) is 7.50. The maximum atomic E-state index is 15.7. The number of fused-ring (bicyclic) bond motifs is 6. The zero-order valence-corrected chi connectivity index (χ0v) is 21.1. The molecular weight excluding hydrogens is 540 g/mol. The van der Waals surface area contributed by atoms with E-state index in [-0.39, 0.29) is 35.8 Å². The van der Waals surface area contributed by atoms with Crippen molar-refractivity contribution in [3.05, 3.63) is 21.4 Å². The van der Waals surface area contributed by atoms with Crippen LogP contribution in [0.5, 0.6) is 6.01 Å². The largest absolute Gasteiger partial charge is 0.465 e. The van der Waals surface area contributed by atoms with Crippen LogP contribution in [-0.4, -0.2) is 87.5 Å². The number of benzene rings is 1. The summed E-state index contributed by atoms with van der Waals surface area (Å²) in [6.07, 6.45) is 1.28. The molecule has 1 aromatic heterocycles. The van der Waals surface area contributed by atoms with Gasteiger partial charge in [-0.2, -0.15) is 9.97 Å². The molecule has 1 aromatic carbocycles. The Morgan fingerprint density at radius 1 is 1.22 bits per heavy atom. The number of anilines is 1. The van der Waals surface area contributed by atoms with Gasteiger partial charge in [-0.3, -0.25) is 4.90 Å². The van der Waals surface area contributed by atoms with Gasteiger partial charge in [-0.15, -0.1) is 0 Å². The number of piperidine rings is 1. The fourth-order valence-electron chi connectivity index (χ4n) is 6.96. The lowest BCUT2D eigenvalue weighted by Crippen LogP contribution is -2.70. The predicted octanol–water partition coefficient (Wildman–Crippen LogP) is 3.46. The Bertz CT molecular complexity index is 1270. The number of nitrogens with zero attached hydrogens (tertiary/aromatic N) is 5. The summed E-state index contributed by atoms with van der Waals surface area (Å²) in [5, 5.41) is 10.1. The number of hydrogen-bond donors (Lipinski definition) is 1. The summed E-state index contributed by atoms with van der Waals surface area (Å²) in [6.45, 7) is 2.85. The Hall–Kier alpha value is -2.31. The second kappa shape index (κ2) is 8.09. The van der Waals surface area contributed by atoms with Crippen molar-refractivity contribution in [2.24, 2.45) is 0 Å². The highest BCUT2D eigenvalue weighted by Gasteiger charge is 2.50. The number of hydrogen-bond acceptors (Lipinski definition) is 7. The Balaban J connectivity index is 1.30. The molecule has 5 saturated heterocycles. The molecule has 7 heterocycles. The van der Waals surface area contributed by atoms with Crippen molar-refractivity contribution in [2.75, 3.05) is 37.7 Å². The number of carboxylic acid groups (broad SMARTS) is 1. The van der Waals surface area contributed by atoms with Gasteiger partial charge in [0.1, 0.15) is 24.1 Å². The van der Waals surface area contributed by atoms with Gasteiger partial charge in [0.15, 0.2) is 5.82 Å². The average Bonchev–Trinajstić information content (AvgIpc) is 3.55. The number of halogens is 3. The van der Waals surface area contributed by atoms with E-state index in [1.165, 1.54) is 4.90 Å². The summed E-state index contributed by atoms with van der Waals surface area (Å²) in [4.78, 5) is 26.5. The SMILES string of the molecule is O=C(O)N1CC2CC(C1)N2c1nc(OC[C@@]23CCCN2C[C@H](F)C3)nc2c(F)c(Br)c3c(c12)COC3. The number of rotatable bonds is 4. The monoisotopic (exact) mass is 565 g/mol. The summed E-state index contributed by atoms with van der Waals surface area (Å²) < 4.78 is 42.0. The molecule has 0 saturated carbocycles. The van der Waals surface area contributed by atoms with Crippen LogP contribution in [0.3, 0.4) is 0 Å². The van der Waals surface area contributed by atoms with Crippen molar-refractivity contribution >= 4 is 38.7 Å². The number of alkyl halides is 1. The lowest BCUT2D eigenvalue weighted by atomic mass is 9.87. The van der Waals surface area contributed by atoms with Gasteiger partial charge in [-0.25, -0.2) is 13.6 Å². The van der Waals surface area contributed by atoms with Gasteiger partial charge >= 0.3 is 12.1 Å². The zero-order valence-electron chi connectivity index (χ0n) is 19.6. The van der Waals surface area contributed by atoms with Gasteiger partial charge in [-0.1, -0.05) is 0 Å². The van der Waals surface area contributed by atoms with Crippen LogP contribution < -0.4 is 9.64 Å². The standard InChI is InChI=1S/C24H26BrF2N5O4/c25-18-16-10-35-9-15(16)17-20(19(18)27)28-22(36-11-24-2-1-3-31(24)6-12(26)5-24)29-21(17)32-13-4-14(32)8-30(7-13)23(33)34/h12-14H,1-11H2,(H,33,34)/t12-,13?,14?,24+/m1/s1. The lowest BCUT2D eigenvalue weighted by molar-refractivity contribution is 0.0922. The molecule has 6 aliphatic heterocycles. The highest BCUT2D eigenvalue weighted by atomic mass is 79.9. The van der Waals surface area contributed by atoms with Crippen molar-refractivity contribution in [3.63, 3.8) is 0 Å². The van der Waals surface area contributed by atoms with E-state index in [1.807, 2.05) is 0 Å². The van der Waals surface area contributed by atoms with Crippen molar-refractivity contribution < 1.29 is 28.2 Å². The third-order valence-electron chi connectivity index (χ3n) is 8.63. The van der Waals surface area contributed by atoms with Crippen LogP contribution in [0.15, 0.2) is 4.47 Å². The maximum absolute atomic E-state index is 15.7. The van der Waals surface area contributed by atoms with Gasteiger partial charge < -0.3 is 24.4 Å². The first-order valence-electron chi connectivity index (χ1n) is 12.4. The molecule has 2 bridgehead atoms. The Morgan fingerprint density at radius 3 is 2.78 bits per heavy atom. The van der Waals surface area contributed by atoms with Crippen LogP contribution in [-0.2, 0) is 18.0 Å². The van der Waals surface area contributed by atoms with E-state index in [0.717, 1.165) is 36.9 Å². The first-order valence-corrected chi connectivity index (χ1v) is 13.2. The van der Waals surface area contributed by atoms with Gasteiger partial charge in [0.25, 0.3) is 0 Å². The van der Waals surface area contributed by atoms with Crippen molar-refractivity contribution in [1.29, 1.82) is 0 Å². The van der Waals surface area contributed by atoms with Crippen LogP contribution in [0.4, 0.5) is 19.4 Å². The normalized spacial score (nSPS) is 31.0. The Morgan fingerprint density at radius 2 is 2.00 bits per heavy atom. The van der Waals surface area contributed by atoms with Crippen LogP contribution in [0.25, 0.3) is 10.9 Å². The predicted molar refractivity (Wildman–Crippen MR) is 129 cm³/mol. The van der Waals surface area contributed by atoms with Gasteiger partial charge in [0, 0.05) is 31.6 Å². The smallest absolute Gasteiger partial charge is 0.407 e. The summed E-state index contributed by atoms with van der Waals surface area (Å²) in [5.74, 6) is 0.0657. The fraction of sp³-hybridized carbons (Fsp3) is 0.625. The molecule has 2 unspecified atom stereocenters. The highest BCUT2D eigenvalue weighted by Crippen LogP contribution is 2.46. The molecule has 4 atom stereocenters. The molecule has 9 nitrogen and oxygen atoms in total. The quantitative estimate of drug-likeness (QED) is 0.602. The van der Waals surface area contributed by atoms with Crippen LogP contribution in [0.2, 0.25) is 0 Å². The molecule has 0 spiro atoms. The number of carbonyl (C=O) groups is 1. The second-order valence-corrected chi connectivity index (χ2v) is 11.4. The topological polar surface area (TPSA) is 91.3 Å².